The van der Waals surface area contributed by atoms with Crippen molar-refractivity contribution in [3.63, 3.8) is 0 Å². The molecule has 0 aliphatic carbocycles. The zero-order valence-corrected chi connectivity index (χ0v) is 21.3. The molecule has 1 N–H and O–H groups in total. The quantitative estimate of drug-likeness (QED) is 0.260. The lowest BCUT2D eigenvalue weighted by molar-refractivity contribution is -0.0595. The summed E-state index contributed by atoms with van der Waals surface area (Å²) in [6.07, 6.45) is 0.909. The second kappa shape index (κ2) is 10.7. The lowest BCUT2D eigenvalue weighted by atomic mass is 9.88. The fourth-order valence-electron chi connectivity index (χ4n) is 4.81. The second-order valence-corrected chi connectivity index (χ2v) is 9.77. The van der Waals surface area contributed by atoms with E-state index in [0.29, 0.717) is 36.0 Å². The molecule has 5 rings (SSSR count). The summed E-state index contributed by atoms with van der Waals surface area (Å²) in [7, 11) is 0. The molecule has 190 valence electrons. The molecule has 0 unspecified atom stereocenters. The van der Waals surface area contributed by atoms with E-state index in [-0.39, 0.29) is 0 Å². The zero-order valence-electron chi connectivity index (χ0n) is 20.6. The van der Waals surface area contributed by atoms with Crippen molar-refractivity contribution in [2.24, 2.45) is 0 Å². The number of ether oxygens (including phenoxy) is 1. The van der Waals surface area contributed by atoms with Crippen molar-refractivity contribution in [3.8, 4) is 34.0 Å². The number of halogens is 1. The van der Waals surface area contributed by atoms with Gasteiger partial charge in [-0.2, -0.15) is 4.98 Å². The van der Waals surface area contributed by atoms with Crippen LogP contribution in [0.25, 0.3) is 34.0 Å². The fraction of sp³-hybridized carbons (Fsp3) is 0.276. The van der Waals surface area contributed by atoms with Crippen LogP contribution in [-0.4, -0.2) is 45.0 Å². The average molecular weight is 518 g/mol. The van der Waals surface area contributed by atoms with Crippen molar-refractivity contribution in [1.82, 2.24) is 15.0 Å². The van der Waals surface area contributed by atoms with Crippen LogP contribution in [0.1, 0.15) is 31.7 Å². The molecule has 3 aromatic carbocycles. The zero-order chi connectivity index (χ0) is 25.8. The molecule has 1 aliphatic heterocycles. The van der Waals surface area contributed by atoms with E-state index in [4.69, 9.17) is 26.0 Å². The summed E-state index contributed by atoms with van der Waals surface area (Å²) in [6.45, 7) is 4.36. The van der Waals surface area contributed by atoms with E-state index < -0.39 is 11.8 Å². The fourth-order valence-corrected chi connectivity index (χ4v) is 5.10. The van der Waals surface area contributed by atoms with E-state index in [1.165, 1.54) is 5.56 Å². The Hall–Kier alpha value is -3.68. The number of benzene rings is 3. The Morgan fingerprint density at radius 1 is 1.03 bits per heavy atom. The summed E-state index contributed by atoms with van der Waals surface area (Å²) < 4.78 is 10.8. The summed E-state index contributed by atoms with van der Waals surface area (Å²) in [5.74, 6) is 0.929. The van der Waals surface area contributed by atoms with Gasteiger partial charge in [-0.25, -0.2) is 4.79 Å². The van der Waals surface area contributed by atoms with E-state index in [1.807, 2.05) is 67.6 Å². The van der Waals surface area contributed by atoms with Crippen LogP contribution in [-0.2, 0) is 11.3 Å². The van der Waals surface area contributed by atoms with Crippen LogP contribution in [0, 0.1) is 0 Å². The lowest BCUT2D eigenvalue weighted by Gasteiger charge is -2.40. The number of rotatable bonds is 7. The Morgan fingerprint density at radius 3 is 2.38 bits per heavy atom. The van der Waals surface area contributed by atoms with Crippen LogP contribution in [0.15, 0.2) is 77.3 Å². The van der Waals surface area contributed by atoms with Gasteiger partial charge in [-0.3, -0.25) is 4.90 Å². The van der Waals surface area contributed by atoms with Crippen LogP contribution in [0.4, 0.5) is 4.79 Å². The van der Waals surface area contributed by atoms with Gasteiger partial charge >= 0.3 is 6.16 Å². The van der Waals surface area contributed by atoms with Gasteiger partial charge in [0.2, 0.25) is 5.82 Å². The van der Waals surface area contributed by atoms with Crippen molar-refractivity contribution < 1.29 is 19.2 Å². The SMILES string of the molecule is CCC1(OC(=O)O)CCN(Cc2ccc(-c3noc(-c4ccc(-c5ccccc5)c(Cl)c4)n3)cc2)CC1. The minimum absolute atomic E-state index is 0.414. The maximum absolute atomic E-state index is 11.1. The van der Waals surface area contributed by atoms with Crippen molar-refractivity contribution >= 4 is 17.8 Å². The normalized spacial score (nSPS) is 15.4. The van der Waals surface area contributed by atoms with Gasteiger partial charge in [0.1, 0.15) is 5.60 Å². The molecule has 2 heterocycles. The number of nitrogens with zero attached hydrogens (tertiary/aromatic N) is 3. The molecule has 0 saturated carbocycles. The maximum Gasteiger partial charge on any atom is 0.506 e. The number of likely N-dealkylation sites (tertiary alicyclic amines) is 1. The smallest absolute Gasteiger partial charge is 0.450 e. The Labute approximate surface area is 220 Å². The maximum atomic E-state index is 11.1. The molecule has 0 spiro atoms. The monoisotopic (exact) mass is 517 g/mol. The van der Waals surface area contributed by atoms with Gasteiger partial charge < -0.3 is 14.4 Å². The van der Waals surface area contributed by atoms with Crippen LogP contribution in [0.2, 0.25) is 5.02 Å². The number of hydrogen-bond donors (Lipinski definition) is 1. The van der Waals surface area contributed by atoms with E-state index in [9.17, 15) is 4.79 Å². The highest BCUT2D eigenvalue weighted by molar-refractivity contribution is 6.33. The minimum Gasteiger partial charge on any atom is -0.450 e. The van der Waals surface area contributed by atoms with Crippen molar-refractivity contribution in [1.29, 1.82) is 0 Å². The summed E-state index contributed by atoms with van der Waals surface area (Å²) in [6, 6.07) is 23.8. The molecule has 1 fully saturated rings. The summed E-state index contributed by atoms with van der Waals surface area (Å²) >= 11 is 6.55. The molecule has 0 amide bonds. The predicted molar refractivity (Wildman–Crippen MR) is 142 cm³/mol. The Bertz CT molecular complexity index is 1360. The molecule has 8 heteroatoms. The van der Waals surface area contributed by atoms with Gasteiger partial charge in [0.25, 0.3) is 5.89 Å². The van der Waals surface area contributed by atoms with E-state index in [1.54, 1.807) is 0 Å². The van der Waals surface area contributed by atoms with Gasteiger partial charge in [0.05, 0.1) is 0 Å². The molecule has 0 atom stereocenters. The number of carbonyl (C=O) groups is 1. The Balaban J connectivity index is 1.23. The predicted octanol–water partition coefficient (Wildman–Crippen LogP) is 7.16. The van der Waals surface area contributed by atoms with Gasteiger partial charge in [-0.05, 0) is 29.7 Å². The van der Waals surface area contributed by atoms with Crippen molar-refractivity contribution in [2.75, 3.05) is 13.1 Å². The van der Waals surface area contributed by atoms with Crippen molar-refractivity contribution in [2.45, 2.75) is 38.3 Å². The van der Waals surface area contributed by atoms with Gasteiger partial charge in [0.15, 0.2) is 0 Å². The number of aromatic nitrogens is 2. The van der Waals surface area contributed by atoms with Crippen LogP contribution >= 0.6 is 11.6 Å². The second-order valence-electron chi connectivity index (χ2n) is 9.36. The number of hydrogen-bond acceptors (Lipinski definition) is 6. The van der Waals surface area contributed by atoms with E-state index >= 15 is 0 Å². The molecule has 37 heavy (non-hydrogen) atoms. The molecule has 0 bridgehead atoms. The largest absolute Gasteiger partial charge is 0.506 e. The van der Waals surface area contributed by atoms with E-state index in [2.05, 4.69) is 27.2 Å². The highest BCUT2D eigenvalue weighted by atomic mass is 35.5. The minimum atomic E-state index is -1.19. The molecule has 1 saturated heterocycles. The summed E-state index contributed by atoms with van der Waals surface area (Å²) in [4.78, 5) is 18.0. The molecule has 1 aromatic heterocycles. The first-order valence-electron chi connectivity index (χ1n) is 12.4. The van der Waals surface area contributed by atoms with Gasteiger partial charge in [-0.15, -0.1) is 0 Å². The summed E-state index contributed by atoms with van der Waals surface area (Å²) in [5, 5.41) is 13.8. The lowest BCUT2D eigenvalue weighted by Crippen LogP contribution is -2.46. The van der Waals surface area contributed by atoms with E-state index in [0.717, 1.165) is 41.9 Å². The van der Waals surface area contributed by atoms with Gasteiger partial charge in [0, 0.05) is 54.2 Å². The average Bonchev–Trinajstić information content (AvgIpc) is 3.41. The first-order valence-corrected chi connectivity index (χ1v) is 12.8. The molecular weight excluding hydrogens is 490 g/mol. The highest BCUT2D eigenvalue weighted by Gasteiger charge is 2.36. The number of carboxylic acid groups (broad SMARTS) is 1. The van der Waals surface area contributed by atoms with Crippen LogP contribution < -0.4 is 0 Å². The van der Waals surface area contributed by atoms with Crippen LogP contribution in [0.5, 0.6) is 0 Å². The number of piperidine rings is 1. The Morgan fingerprint density at radius 2 is 1.73 bits per heavy atom. The third-order valence-electron chi connectivity index (χ3n) is 7.06. The standard InChI is InChI=1S/C29H28ClN3O4/c1-2-29(36-28(34)35)14-16-33(17-15-29)19-20-8-10-22(11-9-20)26-31-27(37-32-26)23-12-13-24(25(30)18-23)21-6-4-3-5-7-21/h3-13,18H,2,14-17,19H2,1H3,(H,34,35). The van der Waals surface area contributed by atoms with Crippen molar-refractivity contribution in [3.05, 3.63) is 83.4 Å². The molecule has 1 aliphatic rings. The topological polar surface area (TPSA) is 88.7 Å². The third kappa shape index (κ3) is 5.68. The summed E-state index contributed by atoms with van der Waals surface area (Å²) in [5.41, 5.74) is 4.23. The molecule has 7 nitrogen and oxygen atoms in total. The third-order valence-corrected chi connectivity index (χ3v) is 7.37. The molecular formula is C29H28ClN3O4. The first-order chi connectivity index (χ1) is 17.9. The Kier molecular flexibility index (Phi) is 7.26. The molecule has 0 radical (unpaired) electrons. The molecule has 4 aromatic rings. The van der Waals surface area contributed by atoms with Crippen LogP contribution in [0.3, 0.4) is 0 Å². The highest BCUT2D eigenvalue weighted by Crippen LogP contribution is 2.33. The van der Waals surface area contributed by atoms with Gasteiger partial charge in [-0.1, -0.05) is 84.3 Å². The first kappa shape index (κ1) is 25.0.